The van der Waals surface area contributed by atoms with Gasteiger partial charge in [-0.1, -0.05) is 24.3 Å². The molecule has 3 aliphatic rings. The zero-order valence-corrected chi connectivity index (χ0v) is 29.4. The highest BCUT2D eigenvalue weighted by atomic mass is 32.2. The van der Waals surface area contributed by atoms with Crippen molar-refractivity contribution in [2.75, 3.05) is 23.8 Å². The normalized spacial score (nSPS) is 17.3. The molecule has 0 spiro atoms. The first-order chi connectivity index (χ1) is 22.9. The average molecular weight is 709 g/mol. The van der Waals surface area contributed by atoms with Crippen LogP contribution in [0.5, 0.6) is 11.5 Å². The second kappa shape index (κ2) is 12.2. The lowest BCUT2D eigenvalue weighted by atomic mass is 9.88. The first kappa shape index (κ1) is 34.5. The number of carbonyl (C=O) groups is 1. The van der Waals surface area contributed by atoms with E-state index in [2.05, 4.69) is 15.6 Å². The van der Waals surface area contributed by atoms with Crippen LogP contribution in [0.3, 0.4) is 0 Å². The molecule has 14 heteroatoms. The molecule has 3 aromatic rings. The first-order valence-electron chi connectivity index (χ1n) is 15.7. The van der Waals surface area contributed by atoms with Crippen LogP contribution in [0, 0.1) is 0 Å². The average Bonchev–Trinajstić information content (AvgIpc) is 2.98. The van der Waals surface area contributed by atoms with Crippen molar-refractivity contribution in [2.24, 2.45) is 4.99 Å². The Balaban J connectivity index is 1.52. The highest BCUT2D eigenvalue weighted by molar-refractivity contribution is 7.86. The van der Waals surface area contributed by atoms with Gasteiger partial charge in [-0.05, 0) is 62.6 Å². The number of hydrogen-bond acceptors (Lipinski definition) is 9. The summed E-state index contributed by atoms with van der Waals surface area (Å²) in [6.45, 7) is 11.2. The largest absolute Gasteiger partial charge is 0.468 e. The van der Waals surface area contributed by atoms with Crippen molar-refractivity contribution in [2.45, 2.75) is 63.6 Å². The van der Waals surface area contributed by atoms with Gasteiger partial charge >= 0.3 is 0 Å². The Kier molecular flexibility index (Phi) is 8.58. The summed E-state index contributed by atoms with van der Waals surface area (Å²) in [6.07, 6.45) is 4.42. The summed E-state index contributed by atoms with van der Waals surface area (Å²) in [5.41, 5.74) is 3.25. The molecule has 0 aliphatic carbocycles. The summed E-state index contributed by atoms with van der Waals surface area (Å²) >= 11 is 0. The van der Waals surface area contributed by atoms with Crippen molar-refractivity contribution < 1.29 is 40.2 Å². The van der Waals surface area contributed by atoms with Crippen molar-refractivity contribution in [3.63, 3.8) is 0 Å². The highest BCUT2D eigenvalue weighted by Crippen LogP contribution is 2.47. The first-order valence-corrected chi connectivity index (χ1v) is 18.7. The van der Waals surface area contributed by atoms with E-state index in [0.717, 1.165) is 16.5 Å². The van der Waals surface area contributed by atoms with Crippen LogP contribution in [0.2, 0.25) is 0 Å². The number of ether oxygens (including phenoxy) is 2. The topological polar surface area (TPSA) is 163 Å². The number of carbonyl (C=O) groups excluding carboxylic acids is 1. The second-order valence-corrected chi connectivity index (χ2v) is 16.4. The molecule has 0 saturated carbocycles. The molecular weight excluding hydrogens is 671 g/mol. The summed E-state index contributed by atoms with van der Waals surface area (Å²) in [5, 5.41) is 1.35. The third kappa shape index (κ3) is 6.78. The number of anilines is 1. The van der Waals surface area contributed by atoms with Crippen LogP contribution < -0.4 is 24.9 Å². The van der Waals surface area contributed by atoms with Crippen molar-refractivity contribution in [3.05, 3.63) is 88.1 Å². The van der Waals surface area contributed by atoms with Crippen LogP contribution in [0.25, 0.3) is 11.1 Å². The fraction of sp³-hybridized carbons (Fsp3) is 0.343. The smallest absolute Gasteiger partial charge is 0.295 e. The van der Waals surface area contributed by atoms with Gasteiger partial charge in [-0.2, -0.15) is 16.8 Å². The molecule has 3 aliphatic heterocycles. The Hall–Kier alpha value is -4.37. The minimum atomic E-state index is -4.46. The minimum absolute atomic E-state index is 0.158. The van der Waals surface area contributed by atoms with E-state index in [9.17, 15) is 30.7 Å². The number of benzene rings is 3. The van der Waals surface area contributed by atoms with E-state index in [1.165, 1.54) is 6.07 Å². The number of hydrogen-bond donors (Lipinski definition) is 2. The molecule has 6 rings (SSSR count). The Labute approximate surface area is 285 Å². The van der Waals surface area contributed by atoms with Crippen molar-refractivity contribution in [1.29, 1.82) is 0 Å². The van der Waals surface area contributed by atoms with Crippen LogP contribution in [0.1, 0.15) is 57.7 Å². The molecule has 3 aromatic carbocycles. The summed E-state index contributed by atoms with van der Waals surface area (Å²) in [4.78, 5) is 17.6. The van der Waals surface area contributed by atoms with Gasteiger partial charge in [0.15, 0.2) is 23.6 Å². The summed E-state index contributed by atoms with van der Waals surface area (Å²) in [6, 6.07) is 13.7. The van der Waals surface area contributed by atoms with E-state index in [0.29, 0.717) is 64.4 Å². The Morgan fingerprint density at radius 2 is 1.71 bits per heavy atom. The molecule has 0 unspecified atom stereocenters. The molecule has 49 heavy (non-hydrogen) atoms. The zero-order valence-electron chi connectivity index (χ0n) is 27.8. The van der Waals surface area contributed by atoms with Gasteiger partial charge < -0.3 is 14.4 Å². The number of fused-ring (bicyclic) bond motifs is 4. The van der Waals surface area contributed by atoms with Crippen molar-refractivity contribution in [1.82, 2.24) is 4.58 Å². The lowest BCUT2D eigenvalue weighted by Crippen LogP contribution is -2.49. The molecule has 12 nitrogen and oxygen atoms in total. The van der Waals surface area contributed by atoms with Crippen LogP contribution in [0.15, 0.2) is 70.6 Å². The SMILES string of the molecule is CC1=CC(C)(C)[N+](Cc2ccccc2S(=O)(=O)O)=c2cc3c(cc21)=Nc1cc2c(cc1O3)N(CCCOC=O)C(C)(C)C=C2CS(=O)(=O)O. The third-order valence-electron chi connectivity index (χ3n) is 9.09. The quantitative estimate of drug-likeness (QED) is 0.105. The Morgan fingerprint density at radius 1 is 0.980 bits per heavy atom. The maximum Gasteiger partial charge on any atom is 0.295 e. The molecule has 0 atom stereocenters. The van der Waals surface area contributed by atoms with Crippen LogP contribution in [-0.2, 0) is 36.3 Å². The lowest BCUT2D eigenvalue weighted by molar-refractivity contribution is -0.128. The van der Waals surface area contributed by atoms with Gasteiger partial charge in [0, 0.05) is 43.3 Å². The van der Waals surface area contributed by atoms with Gasteiger partial charge in [0.2, 0.25) is 5.36 Å². The van der Waals surface area contributed by atoms with Crippen LogP contribution in [-0.4, -0.2) is 62.4 Å². The Morgan fingerprint density at radius 3 is 2.41 bits per heavy atom. The zero-order chi connectivity index (χ0) is 35.5. The highest BCUT2D eigenvalue weighted by Gasteiger charge is 2.37. The maximum atomic E-state index is 12.2. The second-order valence-electron chi connectivity index (χ2n) is 13.6. The van der Waals surface area contributed by atoms with Gasteiger partial charge in [0.25, 0.3) is 26.7 Å². The fourth-order valence-electron chi connectivity index (χ4n) is 7.03. The molecule has 0 bridgehead atoms. The van der Waals surface area contributed by atoms with Gasteiger partial charge in [0.1, 0.15) is 21.7 Å². The lowest BCUT2D eigenvalue weighted by Gasteiger charge is -2.44. The molecule has 0 radical (unpaired) electrons. The summed E-state index contributed by atoms with van der Waals surface area (Å²) in [7, 11) is -8.82. The standard InChI is InChI=1S/C35H37N3O9S2/c1-22-17-34(2,3)38(19-23-9-6-7-10-33(23)49(43,44)45)29-15-31-27(13-25(22)29)36-28-14-26-24(20-48(40,41)42)18-35(4,5)37(11-8-12-46-21-39)30(26)16-32(28)47-31/h6-7,9-10,13-18,21H,8,11-12,19-20H2,1-5H3,(H-,40,41,42,43,44,45)/p+1. The Bertz CT molecular complexity index is 2310. The fourth-order valence-corrected chi connectivity index (χ4v) is 8.38. The molecule has 0 saturated heterocycles. The van der Waals surface area contributed by atoms with E-state index in [4.69, 9.17) is 14.5 Å². The molecule has 0 amide bonds. The van der Waals surface area contributed by atoms with E-state index >= 15 is 0 Å². The molecule has 258 valence electrons. The van der Waals surface area contributed by atoms with Gasteiger partial charge in [-0.15, -0.1) is 0 Å². The maximum absolute atomic E-state index is 12.2. The minimum Gasteiger partial charge on any atom is -0.468 e. The molecule has 2 N–H and O–H groups in total. The monoisotopic (exact) mass is 708 g/mol. The third-order valence-corrected chi connectivity index (χ3v) is 10.7. The van der Waals surface area contributed by atoms with Gasteiger partial charge in [-0.25, -0.2) is 9.57 Å². The molecule has 0 aromatic heterocycles. The number of allylic oxidation sites excluding steroid dienone is 1. The summed E-state index contributed by atoms with van der Waals surface area (Å²) < 4.78 is 81.8. The van der Waals surface area contributed by atoms with Crippen molar-refractivity contribution in [3.8, 4) is 11.5 Å². The van der Waals surface area contributed by atoms with Crippen LogP contribution >= 0.6 is 0 Å². The van der Waals surface area contributed by atoms with E-state index in [-0.39, 0.29) is 18.0 Å². The van der Waals surface area contributed by atoms with Gasteiger partial charge in [-0.3, -0.25) is 13.9 Å². The van der Waals surface area contributed by atoms with E-state index < -0.39 is 37.1 Å². The number of rotatable bonds is 10. The molecule has 3 heterocycles. The van der Waals surface area contributed by atoms with Crippen molar-refractivity contribution >= 4 is 49.2 Å². The van der Waals surface area contributed by atoms with E-state index in [1.54, 1.807) is 24.3 Å². The number of nitrogens with zero attached hydrogens (tertiary/aromatic N) is 3. The van der Waals surface area contributed by atoms with E-state index in [1.807, 2.05) is 58.9 Å². The predicted octanol–water partition coefficient (Wildman–Crippen LogP) is 4.31. The molecule has 0 fully saturated rings. The van der Waals surface area contributed by atoms with Crippen LogP contribution in [0.4, 0.5) is 11.4 Å². The molecular formula is C35H38N3O9S2+. The summed E-state index contributed by atoms with van der Waals surface area (Å²) in [5.74, 6) is 0.334. The predicted molar refractivity (Wildman–Crippen MR) is 185 cm³/mol. The van der Waals surface area contributed by atoms with Gasteiger partial charge in [0.05, 0.1) is 23.8 Å².